The van der Waals surface area contributed by atoms with Gasteiger partial charge in [-0.05, 0) is 26.7 Å². The van der Waals surface area contributed by atoms with E-state index < -0.39 is 5.82 Å². The quantitative estimate of drug-likeness (QED) is 0.794. The van der Waals surface area contributed by atoms with Gasteiger partial charge in [-0.15, -0.1) is 0 Å². The monoisotopic (exact) mass is 279 g/mol. The van der Waals surface area contributed by atoms with Gasteiger partial charge >= 0.3 is 6.01 Å². The van der Waals surface area contributed by atoms with Crippen molar-refractivity contribution in [2.45, 2.75) is 32.8 Å². The average Bonchev–Trinajstić information content (AvgIpc) is 2.41. The first kappa shape index (κ1) is 14.4. The van der Waals surface area contributed by atoms with E-state index in [0.717, 1.165) is 37.4 Å². The fraction of sp³-hybridized carbons (Fsp3) is 0.500. The molecule has 0 radical (unpaired) electrons. The van der Waals surface area contributed by atoms with Gasteiger partial charge in [0.05, 0.1) is 18.9 Å². The first-order valence-electron chi connectivity index (χ1n) is 6.62. The summed E-state index contributed by atoms with van der Waals surface area (Å²) < 4.78 is 18.3. The van der Waals surface area contributed by atoms with Gasteiger partial charge in [-0.1, -0.05) is 5.57 Å². The SMILES string of the molecule is CC(C)=CC(=O)N1CCC[C@H](Oc2ncc(F)cn2)C1. The molecule has 0 N–H and O–H groups in total. The number of halogens is 1. The highest BCUT2D eigenvalue weighted by molar-refractivity contribution is 5.88. The molecule has 0 aromatic carbocycles. The Morgan fingerprint density at radius 3 is 2.80 bits per heavy atom. The number of aromatic nitrogens is 2. The summed E-state index contributed by atoms with van der Waals surface area (Å²) in [5, 5.41) is 0. The zero-order chi connectivity index (χ0) is 14.5. The summed E-state index contributed by atoms with van der Waals surface area (Å²) in [7, 11) is 0. The normalized spacial score (nSPS) is 18.6. The fourth-order valence-electron chi connectivity index (χ4n) is 2.08. The third-order valence-electron chi connectivity index (χ3n) is 2.97. The number of carbonyl (C=O) groups is 1. The van der Waals surface area contributed by atoms with Gasteiger partial charge in [-0.2, -0.15) is 0 Å². The van der Waals surface area contributed by atoms with Gasteiger partial charge < -0.3 is 9.64 Å². The van der Waals surface area contributed by atoms with Crippen molar-refractivity contribution < 1.29 is 13.9 Å². The van der Waals surface area contributed by atoms with E-state index in [4.69, 9.17) is 4.74 Å². The van der Waals surface area contributed by atoms with Gasteiger partial charge in [0.15, 0.2) is 5.82 Å². The molecule has 1 saturated heterocycles. The molecule has 1 aliphatic heterocycles. The lowest BCUT2D eigenvalue weighted by molar-refractivity contribution is -0.128. The van der Waals surface area contributed by atoms with Crippen LogP contribution in [-0.4, -0.2) is 40.0 Å². The third-order valence-corrected chi connectivity index (χ3v) is 2.97. The molecule has 20 heavy (non-hydrogen) atoms. The van der Waals surface area contributed by atoms with Crippen molar-refractivity contribution in [1.82, 2.24) is 14.9 Å². The Balaban J connectivity index is 1.95. The van der Waals surface area contributed by atoms with Crippen LogP contribution in [0, 0.1) is 5.82 Å². The average molecular weight is 279 g/mol. The summed E-state index contributed by atoms with van der Waals surface area (Å²) in [5.74, 6) is -0.500. The van der Waals surface area contributed by atoms with Gasteiger partial charge in [0.25, 0.3) is 0 Å². The minimum absolute atomic E-state index is 0.00155. The van der Waals surface area contributed by atoms with Gasteiger partial charge in [-0.25, -0.2) is 14.4 Å². The second-order valence-corrected chi connectivity index (χ2v) is 5.07. The lowest BCUT2D eigenvalue weighted by Crippen LogP contribution is -2.44. The van der Waals surface area contributed by atoms with Crippen molar-refractivity contribution in [3.63, 3.8) is 0 Å². The van der Waals surface area contributed by atoms with Crippen molar-refractivity contribution in [1.29, 1.82) is 0 Å². The second-order valence-electron chi connectivity index (χ2n) is 5.07. The van der Waals surface area contributed by atoms with Crippen LogP contribution in [0.25, 0.3) is 0 Å². The predicted molar refractivity (Wildman–Crippen MR) is 71.7 cm³/mol. The van der Waals surface area contributed by atoms with E-state index in [2.05, 4.69) is 9.97 Å². The van der Waals surface area contributed by atoms with Gasteiger partial charge in [0.1, 0.15) is 6.10 Å². The van der Waals surface area contributed by atoms with E-state index in [1.165, 1.54) is 0 Å². The lowest BCUT2D eigenvalue weighted by Gasteiger charge is -2.31. The molecule has 2 rings (SSSR count). The zero-order valence-electron chi connectivity index (χ0n) is 11.7. The minimum atomic E-state index is -0.499. The molecule has 1 aromatic heterocycles. The van der Waals surface area contributed by atoms with Crippen molar-refractivity contribution in [2.24, 2.45) is 0 Å². The number of likely N-dealkylation sites (tertiary alicyclic amines) is 1. The summed E-state index contributed by atoms with van der Waals surface area (Å²) in [6.07, 6.45) is 5.31. The number of hydrogen-bond acceptors (Lipinski definition) is 4. The molecule has 108 valence electrons. The lowest BCUT2D eigenvalue weighted by atomic mass is 10.1. The van der Waals surface area contributed by atoms with E-state index in [9.17, 15) is 9.18 Å². The Bertz CT molecular complexity index is 498. The van der Waals surface area contributed by atoms with Crippen LogP contribution in [0.4, 0.5) is 4.39 Å². The molecule has 1 aliphatic rings. The number of nitrogens with zero attached hydrogens (tertiary/aromatic N) is 3. The largest absolute Gasteiger partial charge is 0.458 e. The first-order valence-corrected chi connectivity index (χ1v) is 6.62. The fourth-order valence-corrected chi connectivity index (χ4v) is 2.08. The number of rotatable bonds is 3. The Morgan fingerprint density at radius 1 is 1.45 bits per heavy atom. The van der Waals surface area contributed by atoms with Crippen LogP contribution >= 0.6 is 0 Å². The van der Waals surface area contributed by atoms with Crippen molar-refractivity contribution in [2.75, 3.05) is 13.1 Å². The van der Waals surface area contributed by atoms with Gasteiger partial charge in [-0.3, -0.25) is 4.79 Å². The Hall–Kier alpha value is -1.98. The molecule has 0 bridgehead atoms. The molecule has 1 fully saturated rings. The summed E-state index contributed by atoms with van der Waals surface area (Å²) in [6, 6.07) is 0.146. The van der Waals surface area contributed by atoms with E-state index in [1.54, 1.807) is 11.0 Å². The minimum Gasteiger partial charge on any atom is -0.458 e. The van der Waals surface area contributed by atoms with Crippen LogP contribution < -0.4 is 4.74 Å². The predicted octanol–water partition coefficient (Wildman–Crippen LogP) is 1.95. The van der Waals surface area contributed by atoms with Crippen LogP contribution in [-0.2, 0) is 4.79 Å². The van der Waals surface area contributed by atoms with Gasteiger partial charge in [0.2, 0.25) is 5.91 Å². The van der Waals surface area contributed by atoms with Crippen LogP contribution in [0.3, 0.4) is 0 Å². The number of allylic oxidation sites excluding steroid dienone is 1. The summed E-state index contributed by atoms with van der Waals surface area (Å²) in [4.78, 5) is 21.3. The first-order chi connectivity index (χ1) is 9.54. The maximum Gasteiger partial charge on any atom is 0.316 e. The highest BCUT2D eigenvalue weighted by Gasteiger charge is 2.24. The maximum absolute atomic E-state index is 12.7. The molecule has 1 aromatic rings. The Morgan fingerprint density at radius 2 is 2.15 bits per heavy atom. The molecular weight excluding hydrogens is 261 g/mol. The summed E-state index contributed by atoms with van der Waals surface area (Å²) >= 11 is 0. The second kappa shape index (κ2) is 6.45. The molecule has 5 nitrogen and oxygen atoms in total. The maximum atomic E-state index is 12.7. The Kier molecular flexibility index (Phi) is 4.65. The molecule has 6 heteroatoms. The van der Waals surface area contributed by atoms with Crippen molar-refractivity contribution in [3.05, 3.63) is 29.9 Å². The third kappa shape index (κ3) is 4.01. The molecule has 1 atom stereocenters. The zero-order valence-corrected chi connectivity index (χ0v) is 11.7. The van der Waals surface area contributed by atoms with Crippen LogP contribution in [0.15, 0.2) is 24.0 Å². The number of amides is 1. The molecule has 0 unspecified atom stereocenters. The topological polar surface area (TPSA) is 55.3 Å². The molecule has 0 saturated carbocycles. The van der Waals surface area contributed by atoms with Crippen LogP contribution in [0.1, 0.15) is 26.7 Å². The van der Waals surface area contributed by atoms with Crippen LogP contribution in [0.5, 0.6) is 6.01 Å². The van der Waals surface area contributed by atoms with Crippen molar-refractivity contribution >= 4 is 5.91 Å². The molecule has 0 aliphatic carbocycles. The van der Waals surface area contributed by atoms with Crippen molar-refractivity contribution in [3.8, 4) is 6.01 Å². The number of ether oxygens (including phenoxy) is 1. The summed E-state index contributed by atoms with van der Waals surface area (Å²) in [6.45, 7) is 5.01. The molecular formula is C14H18FN3O2. The highest BCUT2D eigenvalue weighted by atomic mass is 19.1. The standard InChI is InChI=1S/C14H18FN3O2/c1-10(2)6-13(19)18-5-3-4-12(9-18)20-14-16-7-11(15)8-17-14/h6-8,12H,3-5,9H2,1-2H3/t12-/m0/s1. The molecule has 2 heterocycles. The Labute approximate surface area is 117 Å². The highest BCUT2D eigenvalue weighted by Crippen LogP contribution is 2.16. The summed E-state index contributed by atoms with van der Waals surface area (Å²) in [5.41, 5.74) is 0.972. The van der Waals surface area contributed by atoms with Gasteiger partial charge in [0, 0.05) is 12.6 Å². The smallest absolute Gasteiger partial charge is 0.316 e. The van der Waals surface area contributed by atoms with E-state index >= 15 is 0 Å². The molecule has 0 spiro atoms. The number of hydrogen-bond donors (Lipinski definition) is 0. The van der Waals surface area contributed by atoms with E-state index in [0.29, 0.717) is 6.54 Å². The van der Waals surface area contributed by atoms with Crippen LogP contribution in [0.2, 0.25) is 0 Å². The van der Waals surface area contributed by atoms with E-state index in [1.807, 2.05) is 13.8 Å². The number of piperidine rings is 1. The molecule has 1 amide bonds. The van der Waals surface area contributed by atoms with E-state index in [-0.39, 0.29) is 18.0 Å². The number of carbonyl (C=O) groups excluding carboxylic acids is 1.